The number of hydrogen-bond acceptors (Lipinski definition) is 8. The summed E-state index contributed by atoms with van der Waals surface area (Å²) >= 11 is 0. The lowest BCUT2D eigenvalue weighted by Gasteiger charge is -2.43. The number of ether oxygens (including phenoxy) is 1. The molecule has 2 aromatic rings. The molecule has 2 N–H and O–H groups in total. The fourth-order valence-electron chi connectivity index (χ4n) is 6.46. The summed E-state index contributed by atoms with van der Waals surface area (Å²) in [5.41, 5.74) is 1.84. The van der Waals surface area contributed by atoms with Crippen molar-refractivity contribution in [1.82, 2.24) is 24.7 Å². The van der Waals surface area contributed by atoms with Crippen LogP contribution in [0.15, 0.2) is 30.3 Å². The van der Waals surface area contributed by atoms with Crippen molar-refractivity contribution >= 4 is 17.6 Å². The molecular formula is C32H44N6O4. The van der Waals surface area contributed by atoms with Crippen molar-refractivity contribution < 1.29 is 22.2 Å². The van der Waals surface area contributed by atoms with Crippen molar-refractivity contribution in [2.24, 2.45) is 5.92 Å². The Morgan fingerprint density at radius 2 is 1.76 bits per heavy atom. The fraction of sp³-hybridized carbons (Fsp3) is 0.625. The van der Waals surface area contributed by atoms with Gasteiger partial charge in [-0.15, -0.1) is 0 Å². The molecule has 226 valence electrons. The molecule has 4 aliphatic rings. The van der Waals surface area contributed by atoms with Crippen LogP contribution >= 0.6 is 0 Å². The molecular weight excluding hydrogens is 532 g/mol. The van der Waals surface area contributed by atoms with Crippen LogP contribution in [0.2, 0.25) is 0 Å². The van der Waals surface area contributed by atoms with Gasteiger partial charge >= 0.3 is 6.01 Å². The van der Waals surface area contributed by atoms with Gasteiger partial charge in [-0.25, -0.2) is 0 Å². The number of benzene rings is 1. The summed E-state index contributed by atoms with van der Waals surface area (Å²) in [6, 6.07) is 9.18. The zero-order valence-corrected chi connectivity index (χ0v) is 24.7. The summed E-state index contributed by atoms with van der Waals surface area (Å²) in [6.45, 7) is 6.48. The van der Waals surface area contributed by atoms with Crippen molar-refractivity contribution in [2.75, 3.05) is 38.0 Å². The highest BCUT2D eigenvalue weighted by Gasteiger charge is 2.36. The smallest absolute Gasteiger partial charge is 0.319 e. The number of likely N-dealkylation sites (tertiary alicyclic amines) is 2. The molecule has 0 radical (unpaired) electrons. The number of aliphatic hydroxyl groups is 1. The van der Waals surface area contributed by atoms with Gasteiger partial charge in [-0.3, -0.25) is 14.5 Å². The lowest BCUT2D eigenvalue weighted by Crippen LogP contribution is -2.56. The molecule has 42 heavy (non-hydrogen) atoms. The van der Waals surface area contributed by atoms with Gasteiger partial charge in [-0.05, 0) is 63.5 Å². The summed E-state index contributed by atoms with van der Waals surface area (Å²) in [4.78, 5) is 41.0. The van der Waals surface area contributed by atoms with Crippen LogP contribution < -0.4 is 10.1 Å². The van der Waals surface area contributed by atoms with Crippen LogP contribution in [0.5, 0.6) is 6.01 Å². The fourth-order valence-corrected chi connectivity index (χ4v) is 6.46. The Kier molecular flexibility index (Phi) is 7.89. The monoisotopic (exact) mass is 578 g/mol. The minimum Gasteiger partial charge on any atom is -0.461 e. The van der Waals surface area contributed by atoms with E-state index in [0.29, 0.717) is 44.0 Å². The van der Waals surface area contributed by atoms with E-state index in [9.17, 15) is 14.7 Å². The second-order valence-electron chi connectivity index (χ2n) is 12.4. The first-order chi connectivity index (χ1) is 21.1. The lowest BCUT2D eigenvalue weighted by molar-refractivity contribution is -0.139. The predicted octanol–water partition coefficient (Wildman–Crippen LogP) is 3.10. The van der Waals surface area contributed by atoms with E-state index >= 15 is 0 Å². The Labute approximate surface area is 251 Å². The number of rotatable bonds is 7. The summed E-state index contributed by atoms with van der Waals surface area (Å²) in [7, 11) is 0. The van der Waals surface area contributed by atoms with Crippen molar-refractivity contribution in [2.45, 2.75) is 89.6 Å². The number of amides is 2. The first-order valence-corrected chi connectivity index (χ1v) is 15.5. The van der Waals surface area contributed by atoms with Crippen LogP contribution in [0.25, 0.3) is 0 Å². The van der Waals surface area contributed by atoms with E-state index in [0.717, 1.165) is 37.7 Å². The van der Waals surface area contributed by atoms with Crippen molar-refractivity contribution in [3.05, 3.63) is 47.2 Å². The Morgan fingerprint density at radius 1 is 1.02 bits per heavy atom. The normalized spacial score (nSPS) is 25.7. The van der Waals surface area contributed by atoms with Gasteiger partial charge < -0.3 is 25.0 Å². The second kappa shape index (κ2) is 12.6. The molecule has 2 atom stereocenters. The van der Waals surface area contributed by atoms with Crippen molar-refractivity contribution in [3.8, 4) is 6.01 Å². The summed E-state index contributed by atoms with van der Waals surface area (Å²) in [5, 5.41) is 14.7. The predicted molar refractivity (Wildman–Crippen MR) is 159 cm³/mol. The number of fused-ring (bicyclic) bond motifs is 1. The topological polar surface area (TPSA) is 111 Å². The Morgan fingerprint density at radius 3 is 2.45 bits per heavy atom. The van der Waals surface area contributed by atoms with Gasteiger partial charge in [0, 0.05) is 66.1 Å². The molecule has 10 heteroatoms. The molecule has 4 heterocycles. The number of nitrogens with zero attached hydrogens (tertiary/aromatic N) is 5. The molecule has 1 aromatic heterocycles. The zero-order chi connectivity index (χ0) is 31.0. The third-order valence-electron chi connectivity index (χ3n) is 9.04. The molecule has 6 rings (SSSR count). The minimum atomic E-state index is -1.51. The SMILES string of the molecule is [2H]C1([2H])CN([C@@H]2CCN(C(=O)c3cc(NC4CCN(C(=O)C5CCC5)CC4)nc(OC(C)C)n3)C[C@H]2O)Cc2ccccc21. The third-order valence-corrected chi connectivity index (χ3v) is 9.04. The van der Waals surface area contributed by atoms with Crippen LogP contribution in [-0.4, -0.2) is 98.6 Å². The molecule has 1 aromatic carbocycles. The first-order valence-electron chi connectivity index (χ1n) is 16.5. The Balaban J connectivity index is 1.11. The molecule has 10 nitrogen and oxygen atoms in total. The number of β-amino-alcohol motifs (C(OH)–C–C–N with tert-alkyl or cyclic N) is 1. The second-order valence-corrected chi connectivity index (χ2v) is 12.4. The van der Waals surface area contributed by atoms with Crippen LogP contribution in [0.4, 0.5) is 5.82 Å². The molecule has 3 aliphatic heterocycles. The van der Waals surface area contributed by atoms with Crippen LogP contribution in [0, 0.1) is 5.92 Å². The van der Waals surface area contributed by atoms with E-state index in [2.05, 4.69) is 15.3 Å². The Hall–Kier alpha value is -3.24. The van der Waals surface area contributed by atoms with E-state index in [1.54, 1.807) is 11.0 Å². The van der Waals surface area contributed by atoms with Crippen LogP contribution in [-0.2, 0) is 17.7 Å². The van der Waals surface area contributed by atoms with Crippen LogP contribution in [0.1, 0.15) is 76.7 Å². The first kappa shape index (κ1) is 26.4. The number of aliphatic hydroxyl groups excluding tert-OH is 1. The maximum Gasteiger partial charge on any atom is 0.319 e. The average Bonchev–Trinajstić information content (AvgIpc) is 2.95. The van der Waals surface area contributed by atoms with Gasteiger partial charge in [-0.1, -0.05) is 30.7 Å². The molecule has 2 saturated heterocycles. The molecule has 2 amide bonds. The lowest BCUT2D eigenvalue weighted by atomic mass is 9.84. The van der Waals surface area contributed by atoms with Crippen molar-refractivity contribution in [1.29, 1.82) is 0 Å². The molecule has 1 saturated carbocycles. The van der Waals surface area contributed by atoms with Gasteiger partial charge in [0.2, 0.25) is 5.91 Å². The van der Waals surface area contributed by atoms with Gasteiger partial charge in [0.25, 0.3) is 5.91 Å². The highest BCUT2D eigenvalue weighted by Crippen LogP contribution is 2.30. The van der Waals surface area contributed by atoms with Gasteiger partial charge in [-0.2, -0.15) is 9.97 Å². The van der Waals surface area contributed by atoms with E-state index in [1.807, 2.05) is 47.9 Å². The largest absolute Gasteiger partial charge is 0.461 e. The minimum absolute atomic E-state index is 0.110. The van der Waals surface area contributed by atoms with Crippen molar-refractivity contribution in [3.63, 3.8) is 0 Å². The number of carbonyl (C=O) groups excluding carboxylic acids is 2. The number of piperidine rings is 2. The van der Waals surface area contributed by atoms with Crippen LogP contribution in [0.3, 0.4) is 0 Å². The summed E-state index contributed by atoms with van der Waals surface area (Å²) in [5.74, 6) is 0.691. The Bertz CT molecular complexity index is 1360. The average molecular weight is 579 g/mol. The zero-order valence-electron chi connectivity index (χ0n) is 26.7. The standard InChI is InChI=1S/C32H44N6O4/c1-21(2)42-32-34-26(18-29(35-32)33-25-11-15-36(16-12-25)30(40)23-8-5-9-23)31(41)38-17-13-27(28(39)20-38)37-14-10-22-6-3-4-7-24(22)19-37/h3-4,6-7,18,21,23,25,27-28,39H,5,8-17,19-20H2,1-2H3,(H,33,34,35)/t27-,28-/m1/s1/i10D2. The molecule has 3 fully saturated rings. The molecule has 0 unspecified atom stereocenters. The maximum absolute atomic E-state index is 13.7. The molecule has 0 bridgehead atoms. The number of nitrogens with one attached hydrogen (secondary N) is 1. The number of anilines is 1. The molecule has 1 aliphatic carbocycles. The van der Waals surface area contributed by atoms with E-state index in [-0.39, 0.29) is 60.7 Å². The summed E-state index contributed by atoms with van der Waals surface area (Å²) in [6.07, 6.45) is 2.76. The summed E-state index contributed by atoms with van der Waals surface area (Å²) < 4.78 is 23.0. The van der Waals surface area contributed by atoms with E-state index < -0.39 is 12.5 Å². The van der Waals surface area contributed by atoms with Gasteiger partial charge in [0.05, 0.1) is 12.2 Å². The van der Waals surface area contributed by atoms with Gasteiger partial charge in [0.15, 0.2) is 0 Å². The highest BCUT2D eigenvalue weighted by molar-refractivity contribution is 5.93. The van der Waals surface area contributed by atoms with E-state index in [4.69, 9.17) is 7.48 Å². The number of carbonyl (C=O) groups is 2. The number of aromatic nitrogens is 2. The number of hydrogen-bond donors (Lipinski definition) is 2. The van der Waals surface area contributed by atoms with Gasteiger partial charge in [0.1, 0.15) is 11.5 Å². The third kappa shape index (κ3) is 6.39. The molecule has 0 spiro atoms. The highest BCUT2D eigenvalue weighted by atomic mass is 16.5. The van der Waals surface area contributed by atoms with E-state index in [1.165, 1.54) is 0 Å². The quantitative estimate of drug-likeness (QED) is 0.516. The maximum atomic E-state index is 13.7.